The summed E-state index contributed by atoms with van der Waals surface area (Å²) >= 11 is 0. The Kier molecular flexibility index (Phi) is 2.54. The fraction of sp³-hybridized carbons (Fsp3) is 0.333. The number of hydrogen-bond acceptors (Lipinski definition) is 6. The Morgan fingerprint density at radius 1 is 1.41 bits per heavy atom. The number of aromatic nitrogens is 2. The molecule has 0 saturated heterocycles. The predicted molar refractivity (Wildman–Crippen MR) is 60.4 cm³/mol. The van der Waals surface area contributed by atoms with Crippen molar-refractivity contribution in [2.45, 2.75) is 0 Å². The van der Waals surface area contributed by atoms with Crippen molar-refractivity contribution >= 4 is 29.3 Å². The van der Waals surface area contributed by atoms with Gasteiger partial charge in [0.2, 0.25) is 11.9 Å². The van der Waals surface area contributed by atoms with E-state index in [0.29, 0.717) is 5.82 Å². The molecule has 0 spiro atoms. The Bertz CT molecular complexity index is 500. The number of anilines is 3. The maximum atomic E-state index is 11.2. The number of carbonyl (C=O) groups is 2. The van der Waals surface area contributed by atoms with E-state index in [-0.39, 0.29) is 29.8 Å². The number of aromatic carboxylic acids is 1. The summed E-state index contributed by atoms with van der Waals surface area (Å²) in [6.45, 7) is 0.0654. The lowest BCUT2D eigenvalue weighted by Gasteiger charge is -2.21. The van der Waals surface area contributed by atoms with Gasteiger partial charge in [-0.3, -0.25) is 4.79 Å². The van der Waals surface area contributed by atoms with Crippen molar-refractivity contribution in [1.29, 1.82) is 0 Å². The van der Waals surface area contributed by atoms with Crippen LogP contribution in [0.15, 0.2) is 0 Å². The van der Waals surface area contributed by atoms with Crippen LogP contribution >= 0.6 is 0 Å². The van der Waals surface area contributed by atoms with Crippen LogP contribution in [0.1, 0.15) is 10.5 Å². The molecule has 8 nitrogen and oxygen atoms in total. The number of rotatable bonds is 2. The largest absolute Gasteiger partial charge is 0.476 e. The minimum absolute atomic E-state index is 0.0654. The van der Waals surface area contributed by atoms with Gasteiger partial charge in [-0.25, -0.2) is 9.78 Å². The van der Waals surface area contributed by atoms with E-state index in [1.807, 2.05) is 0 Å². The number of nitrogens with zero attached hydrogens (tertiary/aromatic N) is 3. The Balaban J connectivity index is 2.59. The zero-order valence-electron chi connectivity index (χ0n) is 9.31. The maximum Gasteiger partial charge on any atom is 0.356 e. The highest BCUT2D eigenvalue weighted by Crippen LogP contribution is 2.27. The summed E-state index contributed by atoms with van der Waals surface area (Å²) in [5, 5.41) is 14.2. The standard InChI is InChI=1S/C9H11N5O3/c1-14(2)9-12-6(8(16)17)5-7(13-9)10-3-4(15)11-5/h3H2,1-2H3,(H,11,15)(H,16,17)(H,10,12,13). The quantitative estimate of drug-likeness (QED) is 0.642. The average molecular weight is 237 g/mol. The molecule has 3 N–H and O–H groups in total. The van der Waals surface area contributed by atoms with Gasteiger partial charge in [0.1, 0.15) is 5.69 Å². The van der Waals surface area contributed by atoms with Gasteiger partial charge in [0, 0.05) is 14.1 Å². The van der Waals surface area contributed by atoms with Crippen molar-refractivity contribution in [2.24, 2.45) is 0 Å². The summed E-state index contributed by atoms with van der Waals surface area (Å²) in [6, 6.07) is 0. The third-order valence-electron chi connectivity index (χ3n) is 2.18. The summed E-state index contributed by atoms with van der Waals surface area (Å²) in [6.07, 6.45) is 0. The first-order chi connectivity index (χ1) is 7.99. The molecule has 0 aliphatic carbocycles. The van der Waals surface area contributed by atoms with Crippen LogP contribution < -0.4 is 15.5 Å². The summed E-state index contributed by atoms with van der Waals surface area (Å²) in [4.78, 5) is 31.8. The fourth-order valence-electron chi connectivity index (χ4n) is 1.40. The fourth-order valence-corrected chi connectivity index (χ4v) is 1.40. The highest BCUT2D eigenvalue weighted by molar-refractivity contribution is 6.06. The molecule has 8 heteroatoms. The topological polar surface area (TPSA) is 107 Å². The minimum Gasteiger partial charge on any atom is -0.476 e. The molecule has 90 valence electrons. The Labute approximate surface area is 96.7 Å². The lowest BCUT2D eigenvalue weighted by atomic mass is 10.2. The molecule has 1 aromatic heterocycles. The van der Waals surface area contributed by atoms with Gasteiger partial charge >= 0.3 is 5.97 Å². The van der Waals surface area contributed by atoms with E-state index in [2.05, 4.69) is 20.6 Å². The summed E-state index contributed by atoms with van der Waals surface area (Å²) in [5.41, 5.74) is -0.112. The monoisotopic (exact) mass is 237 g/mol. The van der Waals surface area contributed by atoms with E-state index in [0.717, 1.165) is 0 Å². The van der Waals surface area contributed by atoms with Crippen LogP contribution in [0.5, 0.6) is 0 Å². The number of carboxylic acids is 1. The first-order valence-electron chi connectivity index (χ1n) is 4.85. The lowest BCUT2D eigenvalue weighted by molar-refractivity contribution is -0.114. The van der Waals surface area contributed by atoms with Crippen LogP contribution in [0.4, 0.5) is 17.5 Å². The van der Waals surface area contributed by atoms with Gasteiger partial charge in [0.15, 0.2) is 11.5 Å². The number of hydrogen-bond donors (Lipinski definition) is 3. The molecule has 0 aromatic carbocycles. The number of carboxylic acid groups (broad SMARTS) is 1. The molecule has 0 atom stereocenters. The van der Waals surface area contributed by atoms with Crippen molar-refractivity contribution < 1.29 is 14.7 Å². The Hall–Kier alpha value is -2.38. The lowest BCUT2D eigenvalue weighted by Crippen LogP contribution is -2.31. The molecule has 0 fully saturated rings. The van der Waals surface area contributed by atoms with E-state index < -0.39 is 5.97 Å². The maximum absolute atomic E-state index is 11.2. The van der Waals surface area contributed by atoms with E-state index in [1.165, 1.54) is 0 Å². The van der Waals surface area contributed by atoms with Crippen LogP contribution in [-0.2, 0) is 4.79 Å². The van der Waals surface area contributed by atoms with Crippen LogP contribution in [0.3, 0.4) is 0 Å². The predicted octanol–water partition coefficient (Wildman–Crippen LogP) is -0.395. The van der Waals surface area contributed by atoms with Gasteiger partial charge in [0.05, 0.1) is 6.54 Å². The molecule has 0 saturated carbocycles. The van der Waals surface area contributed by atoms with Crippen molar-refractivity contribution in [1.82, 2.24) is 9.97 Å². The summed E-state index contributed by atoms with van der Waals surface area (Å²) in [5.74, 6) is -0.942. The highest BCUT2D eigenvalue weighted by Gasteiger charge is 2.25. The third kappa shape index (κ3) is 1.96. The number of amides is 1. The highest BCUT2D eigenvalue weighted by atomic mass is 16.4. The molecule has 0 unspecified atom stereocenters. The second-order valence-corrected chi connectivity index (χ2v) is 3.70. The second kappa shape index (κ2) is 3.89. The van der Waals surface area contributed by atoms with Gasteiger partial charge in [0.25, 0.3) is 0 Å². The molecule has 1 aliphatic rings. The van der Waals surface area contributed by atoms with E-state index in [1.54, 1.807) is 19.0 Å². The van der Waals surface area contributed by atoms with Gasteiger partial charge < -0.3 is 20.6 Å². The van der Waals surface area contributed by atoms with Crippen molar-refractivity contribution in [3.05, 3.63) is 5.69 Å². The van der Waals surface area contributed by atoms with E-state index in [4.69, 9.17) is 5.11 Å². The smallest absolute Gasteiger partial charge is 0.356 e. The molecule has 0 bridgehead atoms. The molecular formula is C9H11N5O3. The normalized spacial score (nSPS) is 13.4. The Morgan fingerprint density at radius 3 is 2.71 bits per heavy atom. The van der Waals surface area contributed by atoms with Gasteiger partial charge in [-0.2, -0.15) is 4.98 Å². The number of fused-ring (bicyclic) bond motifs is 1. The average Bonchev–Trinajstić information content (AvgIpc) is 2.27. The van der Waals surface area contributed by atoms with Crippen LogP contribution in [0.2, 0.25) is 0 Å². The first kappa shape index (κ1) is 11.1. The molecule has 1 aliphatic heterocycles. The molecule has 17 heavy (non-hydrogen) atoms. The molecule has 2 rings (SSSR count). The molecule has 1 aromatic rings. The van der Waals surface area contributed by atoms with Crippen molar-refractivity contribution in [3.8, 4) is 0 Å². The SMILES string of the molecule is CN(C)c1nc2c(c(C(=O)O)n1)NC(=O)CN2. The van der Waals surface area contributed by atoms with Crippen molar-refractivity contribution in [2.75, 3.05) is 36.2 Å². The summed E-state index contributed by atoms with van der Waals surface area (Å²) in [7, 11) is 3.41. The zero-order valence-corrected chi connectivity index (χ0v) is 9.31. The van der Waals surface area contributed by atoms with E-state index >= 15 is 0 Å². The van der Waals surface area contributed by atoms with Crippen LogP contribution in [0.25, 0.3) is 0 Å². The van der Waals surface area contributed by atoms with Gasteiger partial charge in [-0.05, 0) is 0 Å². The van der Waals surface area contributed by atoms with Gasteiger partial charge in [-0.1, -0.05) is 0 Å². The molecular weight excluding hydrogens is 226 g/mol. The zero-order chi connectivity index (χ0) is 12.6. The first-order valence-corrected chi connectivity index (χ1v) is 4.85. The number of carbonyl (C=O) groups excluding carboxylic acids is 1. The van der Waals surface area contributed by atoms with Crippen LogP contribution in [-0.4, -0.2) is 47.6 Å². The minimum atomic E-state index is -1.21. The molecule has 0 radical (unpaired) electrons. The van der Waals surface area contributed by atoms with Crippen LogP contribution in [0, 0.1) is 0 Å². The Morgan fingerprint density at radius 2 is 2.12 bits per heavy atom. The second-order valence-electron chi connectivity index (χ2n) is 3.70. The van der Waals surface area contributed by atoms with Gasteiger partial charge in [-0.15, -0.1) is 0 Å². The number of nitrogens with one attached hydrogen (secondary N) is 2. The van der Waals surface area contributed by atoms with Crippen molar-refractivity contribution in [3.63, 3.8) is 0 Å². The third-order valence-corrected chi connectivity index (χ3v) is 2.18. The summed E-state index contributed by atoms with van der Waals surface area (Å²) < 4.78 is 0. The molecule has 1 amide bonds. The van der Waals surface area contributed by atoms with E-state index in [9.17, 15) is 9.59 Å². The molecule has 2 heterocycles.